The van der Waals surface area contributed by atoms with Crippen LogP contribution in [0.25, 0.3) is 10.8 Å². The zero-order chi connectivity index (χ0) is 20.6. The van der Waals surface area contributed by atoms with Crippen LogP contribution in [0.2, 0.25) is 0 Å². The Balaban J connectivity index is 1.75. The van der Waals surface area contributed by atoms with Gasteiger partial charge in [0.1, 0.15) is 11.5 Å². The predicted octanol–water partition coefficient (Wildman–Crippen LogP) is 1.54. The number of pyridine rings is 1. The Labute approximate surface area is 163 Å². The first-order valence-corrected chi connectivity index (χ1v) is 9.82. The summed E-state index contributed by atoms with van der Waals surface area (Å²) in [5, 5.41) is 10.6. The topological polar surface area (TPSA) is 120 Å². The van der Waals surface area contributed by atoms with Crippen molar-refractivity contribution in [3.8, 4) is 5.88 Å². The van der Waals surface area contributed by atoms with E-state index in [-0.39, 0.29) is 33.4 Å². The van der Waals surface area contributed by atoms with E-state index in [1.807, 2.05) is 0 Å². The fourth-order valence-electron chi connectivity index (χ4n) is 2.79. The molecular weight excluding hydrogens is 401 g/mol. The van der Waals surface area contributed by atoms with E-state index in [0.717, 1.165) is 4.68 Å². The number of aromatic amines is 1. The van der Waals surface area contributed by atoms with Crippen LogP contribution < -0.4 is 10.3 Å². The lowest BCUT2D eigenvalue weighted by atomic mass is 10.2. The highest BCUT2D eigenvalue weighted by molar-refractivity contribution is 7.91. The van der Waals surface area contributed by atoms with Gasteiger partial charge in [0.05, 0.1) is 30.1 Å². The number of methoxy groups -OCH3 is 1. The molecule has 3 aromatic heterocycles. The van der Waals surface area contributed by atoms with Crippen molar-refractivity contribution in [1.29, 1.82) is 0 Å². The van der Waals surface area contributed by atoms with Crippen LogP contribution in [0.3, 0.4) is 0 Å². The number of sulfone groups is 1. The molecule has 148 valence electrons. The average molecular weight is 415 g/mol. The number of halogens is 1. The second-order valence-electron chi connectivity index (χ2n) is 6.05. The molecule has 0 atom stereocenters. The lowest BCUT2D eigenvalue weighted by Crippen LogP contribution is -2.24. The minimum Gasteiger partial charge on any atom is -0.481 e. The highest BCUT2D eigenvalue weighted by Crippen LogP contribution is 2.22. The number of fused-ring (bicyclic) bond motifs is 1. The summed E-state index contributed by atoms with van der Waals surface area (Å²) >= 11 is 0. The molecule has 9 nitrogen and oxygen atoms in total. The van der Waals surface area contributed by atoms with Crippen molar-refractivity contribution in [3.63, 3.8) is 0 Å². The molecule has 0 aliphatic rings. The van der Waals surface area contributed by atoms with Gasteiger partial charge >= 0.3 is 0 Å². The molecule has 4 aromatic rings. The molecule has 1 N–H and O–H groups in total. The van der Waals surface area contributed by atoms with Gasteiger partial charge in [-0.3, -0.25) is 9.89 Å². The Morgan fingerprint density at radius 1 is 1.21 bits per heavy atom. The molecule has 0 saturated carbocycles. The van der Waals surface area contributed by atoms with Crippen molar-refractivity contribution in [2.45, 2.75) is 16.5 Å². The Morgan fingerprint density at radius 3 is 2.76 bits per heavy atom. The molecule has 0 radical (unpaired) electrons. The monoisotopic (exact) mass is 415 g/mol. The lowest BCUT2D eigenvalue weighted by molar-refractivity contribution is 0.392. The molecule has 29 heavy (non-hydrogen) atoms. The van der Waals surface area contributed by atoms with Crippen molar-refractivity contribution < 1.29 is 17.5 Å². The molecule has 0 spiro atoms. The van der Waals surface area contributed by atoms with Gasteiger partial charge in [0.25, 0.3) is 5.56 Å². The highest BCUT2D eigenvalue weighted by atomic mass is 32.2. The van der Waals surface area contributed by atoms with Gasteiger partial charge in [-0.25, -0.2) is 22.5 Å². The number of hydrogen-bond acceptors (Lipinski definition) is 7. The zero-order valence-corrected chi connectivity index (χ0v) is 15.9. The standard InChI is InChI=1S/C18H14FN5O4S/c1-28-16-5-4-14(19)15(22-16)10-24-18(25)13-3-2-12(8-11(13)9-21-24)29(26,27)17-6-7-20-23-17/h2-9H,10H2,1H3,(H,20,23). The van der Waals surface area contributed by atoms with Crippen LogP contribution in [0.15, 0.2) is 63.5 Å². The van der Waals surface area contributed by atoms with Gasteiger partial charge < -0.3 is 4.74 Å². The normalized spacial score (nSPS) is 11.7. The fraction of sp³-hybridized carbons (Fsp3) is 0.111. The van der Waals surface area contributed by atoms with E-state index >= 15 is 0 Å². The summed E-state index contributed by atoms with van der Waals surface area (Å²) in [4.78, 5) is 16.7. The third-order valence-electron chi connectivity index (χ3n) is 4.29. The Morgan fingerprint density at radius 2 is 2.03 bits per heavy atom. The molecule has 0 unspecified atom stereocenters. The first kappa shape index (κ1) is 18.7. The van der Waals surface area contributed by atoms with Gasteiger partial charge in [-0.1, -0.05) is 0 Å². The number of hydrogen-bond donors (Lipinski definition) is 1. The maximum Gasteiger partial charge on any atom is 0.274 e. The Bertz CT molecular complexity index is 1370. The van der Waals surface area contributed by atoms with Gasteiger partial charge in [0, 0.05) is 17.6 Å². The smallest absolute Gasteiger partial charge is 0.274 e. The summed E-state index contributed by atoms with van der Waals surface area (Å²) in [5.41, 5.74) is -0.508. The molecule has 3 heterocycles. The lowest BCUT2D eigenvalue weighted by Gasteiger charge is -2.09. The van der Waals surface area contributed by atoms with Crippen molar-refractivity contribution >= 4 is 20.6 Å². The molecule has 0 saturated heterocycles. The van der Waals surface area contributed by atoms with Crippen LogP contribution in [0.4, 0.5) is 4.39 Å². The first-order chi connectivity index (χ1) is 13.9. The number of H-pyrrole nitrogens is 1. The quantitative estimate of drug-likeness (QED) is 0.525. The van der Waals surface area contributed by atoms with E-state index in [0.29, 0.717) is 5.39 Å². The second-order valence-corrected chi connectivity index (χ2v) is 7.95. The van der Waals surface area contributed by atoms with E-state index in [2.05, 4.69) is 20.3 Å². The van der Waals surface area contributed by atoms with E-state index in [9.17, 15) is 17.6 Å². The Kier molecular flexibility index (Phi) is 4.59. The van der Waals surface area contributed by atoms with E-state index in [4.69, 9.17) is 4.74 Å². The van der Waals surface area contributed by atoms with E-state index < -0.39 is 21.2 Å². The van der Waals surface area contributed by atoms with Crippen LogP contribution in [0.5, 0.6) is 5.88 Å². The number of nitrogens with one attached hydrogen (secondary N) is 1. The molecule has 0 aliphatic carbocycles. The minimum atomic E-state index is -3.82. The third kappa shape index (κ3) is 3.36. The summed E-state index contributed by atoms with van der Waals surface area (Å²) in [5.74, 6) is -0.386. The summed E-state index contributed by atoms with van der Waals surface area (Å²) < 4.78 is 45.2. The molecular formula is C18H14FN5O4S. The molecule has 1 aromatic carbocycles. The van der Waals surface area contributed by atoms with Gasteiger partial charge in [-0.05, 0) is 30.3 Å². The highest BCUT2D eigenvalue weighted by Gasteiger charge is 2.21. The van der Waals surface area contributed by atoms with E-state index in [1.54, 1.807) is 0 Å². The summed E-state index contributed by atoms with van der Waals surface area (Å²) in [7, 11) is -2.42. The number of nitrogens with zero attached hydrogens (tertiary/aromatic N) is 4. The van der Waals surface area contributed by atoms with Crippen molar-refractivity contribution in [2.24, 2.45) is 0 Å². The van der Waals surface area contributed by atoms with E-state index in [1.165, 1.54) is 55.9 Å². The predicted molar refractivity (Wildman–Crippen MR) is 99.9 cm³/mol. The van der Waals surface area contributed by atoms with Crippen LogP contribution >= 0.6 is 0 Å². The van der Waals surface area contributed by atoms with Gasteiger partial charge in [-0.2, -0.15) is 10.2 Å². The molecule has 0 amide bonds. The van der Waals surface area contributed by atoms with Crippen LogP contribution in [0, 0.1) is 5.82 Å². The summed E-state index contributed by atoms with van der Waals surface area (Å²) in [6.45, 7) is -0.203. The average Bonchev–Trinajstić information content (AvgIpc) is 3.27. The summed E-state index contributed by atoms with van der Waals surface area (Å²) in [6.07, 6.45) is 2.75. The number of benzene rings is 1. The van der Waals surface area contributed by atoms with Crippen molar-refractivity contribution in [2.75, 3.05) is 7.11 Å². The van der Waals surface area contributed by atoms with Crippen LogP contribution in [-0.4, -0.2) is 40.5 Å². The Hall–Kier alpha value is -3.60. The van der Waals surface area contributed by atoms with Crippen molar-refractivity contribution in [3.05, 3.63) is 70.7 Å². The minimum absolute atomic E-state index is 0.00368. The molecule has 4 rings (SSSR count). The van der Waals surface area contributed by atoms with Crippen LogP contribution in [0.1, 0.15) is 5.69 Å². The van der Waals surface area contributed by atoms with Crippen molar-refractivity contribution in [1.82, 2.24) is 25.0 Å². The molecule has 0 aliphatic heterocycles. The molecule has 11 heteroatoms. The number of aromatic nitrogens is 5. The van der Waals surface area contributed by atoms with Gasteiger partial charge in [0.2, 0.25) is 15.7 Å². The molecule has 0 bridgehead atoms. The van der Waals surface area contributed by atoms with Gasteiger partial charge in [-0.15, -0.1) is 0 Å². The zero-order valence-electron chi connectivity index (χ0n) is 15.0. The SMILES string of the molecule is COc1ccc(F)c(Cn2ncc3cc(S(=O)(=O)c4cc[nH]n4)ccc3c2=O)n1. The second kappa shape index (κ2) is 7.09. The maximum atomic E-state index is 14.0. The molecule has 0 fully saturated rings. The summed E-state index contributed by atoms with van der Waals surface area (Å²) in [6, 6.07) is 7.97. The van der Waals surface area contributed by atoms with Crippen LogP contribution in [-0.2, 0) is 16.4 Å². The maximum absolute atomic E-state index is 14.0. The number of rotatable bonds is 5. The first-order valence-electron chi connectivity index (χ1n) is 8.34. The number of ether oxygens (including phenoxy) is 1. The van der Waals surface area contributed by atoms with Gasteiger partial charge in [0.15, 0.2) is 5.03 Å². The largest absolute Gasteiger partial charge is 0.481 e. The fourth-order valence-corrected chi connectivity index (χ4v) is 3.98. The third-order valence-corrected chi connectivity index (χ3v) is 5.94.